The average Bonchev–Trinajstić information content (AvgIpc) is 2.67. The molecule has 0 aromatic carbocycles. The fourth-order valence-electron chi connectivity index (χ4n) is 1.84. The van der Waals surface area contributed by atoms with E-state index in [-0.39, 0.29) is 6.17 Å². The van der Waals surface area contributed by atoms with E-state index in [0.29, 0.717) is 6.04 Å². The zero-order valence-electron chi connectivity index (χ0n) is 10.6. The Hall–Kier alpha value is -1.24. The molecule has 0 aromatic heterocycles. The summed E-state index contributed by atoms with van der Waals surface area (Å²) in [7, 11) is 0. The van der Waals surface area contributed by atoms with E-state index in [1.54, 1.807) is 6.34 Å². The van der Waals surface area contributed by atoms with Crippen molar-refractivity contribution >= 4 is 6.34 Å². The predicted molar refractivity (Wildman–Crippen MR) is 65.7 cm³/mol. The maximum absolute atomic E-state index is 9.15. The molecule has 90 valence electrons. The van der Waals surface area contributed by atoms with Crippen molar-refractivity contribution in [3.63, 3.8) is 0 Å². The number of nitrogens with zero attached hydrogens (tertiary/aromatic N) is 4. The Morgan fingerprint density at radius 3 is 2.69 bits per heavy atom. The summed E-state index contributed by atoms with van der Waals surface area (Å²) in [6.07, 6.45) is 6.43. The van der Waals surface area contributed by atoms with Crippen molar-refractivity contribution in [2.45, 2.75) is 58.7 Å². The number of hydrazone groups is 1. The highest BCUT2D eigenvalue weighted by Gasteiger charge is 2.28. The van der Waals surface area contributed by atoms with E-state index in [0.717, 1.165) is 13.0 Å². The Morgan fingerprint density at radius 1 is 1.38 bits per heavy atom. The van der Waals surface area contributed by atoms with Crippen molar-refractivity contribution in [2.24, 2.45) is 5.10 Å². The molecule has 1 aliphatic rings. The van der Waals surface area contributed by atoms with Gasteiger partial charge in [-0.2, -0.15) is 10.4 Å². The lowest BCUT2D eigenvalue weighted by molar-refractivity contribution is 0.155. The summed E-state index contributed by atoms with van der Waals surface area (Å²) >= 11 is 0. The first-order chi connectivity index (χ1) is 7.70. The standard InChI is InChI=1S/C12H22N4/c1-4-5-6-7-8-16-12(9-13)15(10-14-16)11(2)3/h10-12H,4-8H2,1-3H3. The number of hydrogen-bond acceptors (Lipinski definition) is 4. The van der Waals surface area contributed by atoms with E-state index in [4.69, 9.17) is 5.26 Å². The van der Waals surface area contributed by atoms with Crippen molar-refractivity contribution in [1.82, 2.24) is 9.91 Å². The van der Waals surface area contributed by atoms with Crippen LogP contribution in [0.4, 0.5) is 0 Å². The van der Waals surface area contributed by atoms with Crippen LogP contribution >= 0.6 is 0 Å². The van der Waals surface area contributed by atoms with E-state index in [1.165, 1.54) is 19.3 Å². The second-order valence-corrected chi connectivity index (χ2v) is 4.50. The lowest BCUT2D eigenvalue weighted by Crippen LogP contribution is -2.42. The fourth-order valence-corrected chi connectivity index (χ4v) is 1.84. The molecule has 0 fully saturated rings. The molecule has 0 aromatic rings. The van der Waals surface area contributed by atoms with Crippen LogP contribution in [0.5, 0.6) is 0 Å². The van der Waals surface area contributed by atoms with Crippen LogP contribution in [0.2, 0.25) is 0 Å². The van der Waals surface area contributed by atoms with Gasteiger partial charge >= 0.3 is 0 Å². The Labute approximate surface area is 98.5 Å². The molecule has 1 heterocycles. The lowest BCUT2D eigenvalue weighted by Gasteiger charge is -2.27. The van der Waals surface area contributed by atoms with Crippen molar-refractivity contribution in [3.8, 4) is 6.07 Å². The van der Waals surface area contributed by atoms with Crippen molar-refractivity contribution in [1.29, 1.82) is 5.26 Å². The predicted octanol–water partition coefficient (Wildman–Crippen LogP) is 2.39. The summed E-state index contributed by atoms with van der Waals surface area (Å²) in [4.78, 5) is 2.00. The molecule has 1 aliphatic heterocycles. The first-order valence-corrected chi connectivity index (χ1v) is 6.18. The van der Waals surface area contributed by atoms with Crippen molar-refractivity contribution in [2.75, 3.05) is 6.54 Å². The maximum atomic E-state index is 9.15. The largest absolute Gasteiger partial charge is 0.325 e. The molecule has 1 unspecified atom stereocenters. The Bertz CT molecular complexity index is 267. The van der Waals surface area contributed by atoms with Crippen LogP contribution < -0.4 is 0 Å². The normalized spacial score (nSPS) is 19.6. The summed E-state index contributed by atoms with van der Waals surface area (Å²) in [6, 6.07) is 2.64. The highest BCUT2D eigenvalue weighted by molar-refractivity contribution is 5.58. The smallest absolute Gasteiger partial charge is 0.207 e. The molecule has 0 saturated heterocycles. The fraction of sp³-hybridized carbons (Fsp3) is 0.833. The van der Waals surface area contributed by atoms with E-state index < -0.39 is 0 Å². The summed E-state index contributed by atoms with van der Waals surface area (Å²) < 4.78 is 0. The molecule has 0 bridgehead atoms. The third-order valence-electron chi connectivity index (χ3n) is 2.85. The van der Waals surface area contributed by atoms with Crippen LogP contribution in [0.25, 0.3) is 0 Å². The topological polar surface area (TPSA) is 42.6 Å². The van der Waals surface area contributed by atoms with Gasteiger partial charge < -0.3 is 4.90 Å². The van der Waals surface area contributed by atoms with Gasteiger partial charge in [-0.1, -0.05) is 26.2 Å². The summed E-state index contributed by atoms with van der Waals surface area (Å²) in [5, 5.41) is 15.3. The van der Waals surface area contributed by atoms with Crippen LogP contribution in [0, 0.1) is 11.3 Å². The monoisotopic (exact) mass is 222 g/mol. The molecule has 0 saturated carbocycles. The van der Waals surface area contributed by atoms with Gasteiger partial charge in [-0.3, -0.25) is 5.01 Å². The number of rotatable bonds is 6. The third kappa shape index (κ3) is 3.13. The van der Waals surface area contributed by atoms with Crippen LogP contribution in [-0.2, 0) is 0 Å². The zero-order chi connectivity index (χ0) is 12.0. The van der Waals surface area contributed by atoms with E-state index in [9.17, 15) is 0 Å². The van der Waals surface area contributed by atoms with Gasteiger partial charge in [0.05, 0.1) is 0 Å². The first-order valence-electron chi connectivity index (χ1n) is 6.18. The van der Waals surface area contributed by atoms with E-state index in [2.05, 4.69) is 31.9 Å². The quantitative estimate of drug-likeness (QED) is 0.648. The summed E-state index contributed by atoms with van der Waals surface area (Å²) in [6.45, 7) is 7.25. The first kappa shape index (κ1) is 12.8. The number of nitriles is 1. The Morgan fingerprint density at radius 2 is 2.12 bits per heavy atom. The van der Waals surface area contributed by atoms with Crippen LogP contribution in [0.15, 0.2) is 5.10 Å². The molecule has 0 radical (unpaired) electrons. The van der Waals surface area contributed by atoms with Gasteiger partial charge in [0.25, 0.3) is 0 Å². The number of hydrogen-bond donors (Lipinski definition) is 0. The van der Waals surface area contributed by atoms with Gasteiger partial charge in [-0.25, -0.2) is 0 Å². The molecular weight excluding hydrogens is 200 g/mol. The van der Waals surface area contributed by atoms with Gasteiger partial charge in [0, 0.05) is 12.6 Å². The van der Waals surface area contributed by atoms with Gasteiger partial charge in [0.1, 0.15) is 12.4 Å². The minimum atomic E-state index is -0.207. The molecule has 0 spiro atoms. The van der Waals surface area contributed by atoms with Gasteiger partial charge in [-0.15, -0.1) is 0 Å². The molecule has 0 N–H and O–H groups in total. The lowest BCUT2D eigenvalue weighted by atomic mass is 10.2. The zero-order valence-corrected chi connectivity index (χ0v) is 10.6. The van der Waals surface area contributed by atoms with Gasteiger partial charge in [0.2, 0.25) is 6.17 Å². The summed E-state index contributed by atoms with van der Waals surface area (Å²) in [5.74, 6) is 0. The molecule has 16 heavy (non-hydrogen) atoms. The Kier molecular flexibility index (Phi) is 5.10. The van der Waals surface area contributed by atoms with E-state index >= 15 is 0 Å². The second-order valence-electron chi connectivity index (χ2n) is 4.50. The average molecular weight is 222 g/mol. The molecule has 1 rings (SSSR count). The van der Waals surface area contributed by atoms with Gasteiger partial charge in [-0.05, 0) is 20.3 Å². The number of unbranched alkanes of at least 4 members (excludes halogenated alkanes) is 3. The van der Waals surface area contributed by atoms with Crippen LogP contribution in [0.3, 0.4) is 0 Å². The third-order valence-corrected chi connectivity index (χ3v) is 2.85. The summed E-state index contributed by atoms with van der Waals surface area (Å²) in [5.41, 5.74) is 0. The van der Waals surface area contributed by atoms with E-state index in [1.807, 2.05) is 9.91 Å². The van der Waals surface area contributed by atoms with Crippen molar-refractivity contribution < 1.29 is 0 Å². The molecular formula is C12H22N4. The van der Waals surface area contributed by atoms with Gasteiger partial charge in [0.15, 0.2) is 0 Å². The second kappa shape index (κ2) is 6.37. The van der Waals surface area contributed by atoms with Crippen molar-refractivity contribution in [3.05, 3.63) is 0 Å². The molecule has 4 nitrogen and oxygen atoms in total. The molecule has 0 aliphatic carbocycles. The molecule has 4 heteroatoms. The highest BCUT2D eigenvalue weighted by atomic mass is 15.6. The molecule has 1 atom stereocenters. The minimum Gasteiger partial charge on any atom is -0.325 e. The van der Waals surface area contributed by atoms with Crippen LogP contribution in [-0.4, -0.2) is 35.0 Å². The minimum absolute atomic E-state index is 0.207. The Balaban J connectivity index is 2.38. The highest BCUT2D eigenvalue weighted by Crippen LogP contribution is 2.15. The molecule has 0 amide bonds. The van der Waals surface area contributed by atoms with Crippen LogP contribution in [0.1, 0.15) is 46.5 Å². The maximum Gasteiger partial charge on any atom is 0.207 e. The SMILES string of the molecule is CCCCCCN1N=CN(C(C)C)C1C#N.